The van der Waals surface area contributed by atoms with Gasteiger partial charge in [0.15, 0.2) is 0 Å². The van der Waals surface area contributed by atoms with Gasteiger partial charge < -0.3 is 10.2 Å². The Kier molecular flexibility index (Phi) is 5.62. The molecule has 2 nitrogen and oxygen atoms in total. The van der Waals surface area contributed by atoms with Crippen molar-refractivity contribution < 1.29 is 0 Å². The minimum atomic E-state index is 0.203. The van der Waals surface area contributed by atoms with Crippen LogP contribution < -0.4 is 5.32 Å². The number of likely N-dealkylation sites (tertiary alicyclic amines) is 1. The van der Waals surface area contributed by atoms with Crippen molar-refractivity contribution in [1.82, 2.24) is 10.2 Å². The van der Waals surface area contributed by atoms with E-state index in [2.05, 4.69) is 61.4 Å². The number of hydrogen-bond acceptors (Lipinski definition) is 2. The molecule has 1 aromatic carbocycles. The van der Waals surface area contributed by atoms with Crippen molar-refractivity contribution in [2.24, 2.45) is 5.92 Å². The van der Waals surface area contributed by atoms with Gasteiger partial charge in [-0.1, -0.05) is 50.6 Å². The summed E-state index contributed by atoms with van der Waals surface area (Å²) in [6, 6.07) is 11.0. The molecule has 2 heteroatoms. The maximum atomic E-state index is 3.39. The van der Waals surface area contributed by atoms with Gasteiger partial charge in [-0.15, -0.1) is 0 Å². The summed E-state index contributed by atoms with van der Waals surface area (Å²) in [4.78, 5) is 2.66. The zero-order valence-corrected chi connectivity index (χ0v) is 13.4. The van der Waals surface area contributed by atoms with Crippen LogP contribution in [0, 0.1) is 5.92 Å². The lowest BCUT2D eigenvalue weighted by Gasteiger charge is -2.39. The molecule has 1 atom stereocenters. The van der Waals surface area contributed by atoms with Gasteiger partial charge in [0.1, 0.15) is 0 Å². The number of benzene rings is 1. The summed E-state index contributed by atoms with van der Waals surface area (Å²) in [5.74, 6) is 0.957. The lowest BCUT2D eigenvalue weighted by molar-refractivity contribution is 0.149. The first-order chi connectivity index (χ1) is 9.68. The molecule has 0 radical (unpaired) electrons. The predicted octanol–water partition coefficient (Wildman–Crippen LogP) is 3.29. The van der Waals surface area contributed by atoms with Crippen molar-refractivity contribution in [2.45, 2.75) is 38.5 Å². The van der Waals surface area contributed by atoms with E-state index in [-0.39, 0.29) is 5.41 Å². The molecule has 1 saturated heterocycles. The number of piperidine rings is 1. The second kappa shape index (κ2) is 7.24. The van der Waals surface area contributed by atoms with Crippen LogP contribution in [0.2, 0.25) is 0 Å². The molecule has 1 heterocycles. The fraction of sp³-hybridized carbons (Fsp3) is 0.667. The average molecular weight is 274 g/mol. The van der Waals surface area contributed by atoms with E-state index in [1.54, 1.807) is 0 Å². The Morgan fingerprint density at radius 2 is 1.85 bits per heavy atom. The third-order valence-electron chi connectivity index (χ3n) is 4.89. The maximum Gasteiger partial charge on any atom is 0.0176 e. The van der Waals surface area contributed by atoms with E-state index in [1.807, 2.05) is 0 Å². The molecule has 1 fully saturated rings. The second-order valence-corrected chi connectivity index (χ2v) is 6.58. The quantitative estimate of drug-likeness (QED) is 0.856. The number of nitrogens with zero attached hydrogens (tertiary/aromatic N) is 1. The second-order valence-electron chi connectivity index (χ2n) is 6.58. The molecule has 112 valence electrons. The smallest absolute Gasteiger partial charge is 0.0176 e. The van der Waals surface area contributed by atoms with Gasteiger partial charge in [-0.25, -0.2) is 0 Å². The van der Waals surface area contributed by atoms with Crippen molar-refractivity contribution in [2.75, 3.05) is 33.2 Å². The fourth-order valence-electron chi connectivity index (χ4n) is 3.53. The third kappa shape index (κ3) is 3.83. The van der Waals surface area contributed by atoms with Gasteiger partial charge in [-0.2, -0.15) is 0 Å². The van der Waals surface area contributed by atoms with Crippen LogP contribution in [-0.2, 0) is 5.41 Å². The Balaban J connectivity index is 2.03. The molecule has 1 aliphatic heterocycles. The summed E-state index contributed by atoms with van der Waals surface area (Å²) in [6.07, 6.45) is 4.10. The van der Waals surface area contributed by atoms with E-state index in [1.165, 1.54) is 37.9 Å². The molecular formula is C18H30N2. The van der Waals surface area contributed by atoms with Gasteiger partial charge in [-0.05, 0) is 44.5 Å². The minimum absolute atomic E-state index is 0.203. The standard InChI is InChI=1S/C18H30N2/c1-4-16-10-12-20(13-11-16)15-18(2,14-19-3)17-8-6-5-7-9-17/h5-9,16,19H,4,10-15H2,1-3H3. The van der Waals surface area contributed by atoms with E-state index in [0.29, 0.717) is 0 Å². The van der Waals surface area contributed by atoms with Gasteiger partial charge in [0.25, 0.3) is 0 Å². The van der Waals surface area contributed by atoms with Crippen molar-refractivity contribution in [3.8, 4) is 0 Å². The van der Waals surface area contributed by atoms with Crippen LogP contribution in [0.15, 0.2) is 30.3 Å². The third-order valence-corrected chi connectivity index (χ3v) is 4.89. The van der Waals surface area contributed by atoms with Gasteiger partial charge in [-0.3, -0.25) is 0 Å². The zero-order chi connectivity index (χ0) is 14.4. The Hall–Kier alpha value is -0.860. The van der Waals surface area contributed by atoms with Crippen LogP contribution in [0.1, 0.15) is 38.7 Å². The predicted molar refractivity (Wildman–Crippen MR) is 87.2 cm³/mol. The van der Waals surface area contributed by atoms with Crippen LogP contribution in [0.3, 0.4) is 0 Å². The minimum Gasteiger partial charge on any atom is -0.319 e. The van der Waals surface area contributed by atoms with Gasteiger partial charge in [0.2, 0.25) is 0 Å². The number of hydrogen-bond donors (Lipinski definition) is 1. The topological polar surface area (TPSA) is 15.3 Å². The van der Waals surface area contributed by atoms with Gasteiger partial charge in [0, 0.05) is 18.5 Å². The molecule has 0 aromatic heterocycles. The van der Waals surface area contributed by atoms with Crippen molar-refractivity contribution in [3.05, 3.63) is 35.9 Å². The monoisotopic (exact) mass is 274 g/mol. The van der Waals surface area contributed by atoms with Crippen molar-refractivity contribution >= 4 is 0 Å². The summed E-state index contributed by atoms with van der Waals surface area (Å²) in [6.45, 7) is 9.45. The number of likely N-dealkylation sites (N-methyl/N-ethyl adjacent to an activating group) is 1. The van der Waals surface area contributed by atoms with Crippen LogP contribution in [0.25, 0.3) is 0 Å². The Morgan fingerprint density at radius 3 is 2.40 bits per heavy atom. The van der Waals surface area contributed by atoms with Gasteiger partial charge in [0.05, 0.1) is 0 Å². The van der Waals surface area contributed by atoms with Crippen LogP contribution in [0.5, 0.6) is 0 Å². The first kappa shape index (κ1) is 15.5. The Labute approximate surface area is 124 Å². The summed E-state index contributed by atoms with van der Waals surface area (Å²) in [5.41, 5.74) is 1.65. The average Bonchev–Trinajstić information content (AvgIpc) is 2.49. The molecule has 1 aromatic rings. The SMILES string of the molecule is CCC1CCN(CC(C)(CNC)c2ccccc2)CC1. The maximum absolute atomic E-state index is 3.39. The zero-order valence-electron chi connectivity index (χ0n) is 13.4. The highest BCUT2D eigenvalue weighted by Gasteiger charge is 2.30. The van der Waals surface area contributed by atoms with Crippen LogP contribution in [-0.4, -0.2) is 38.1 Å². The molecule has 0 saturated carbocycles. The normalized spacial score (nSPS) is 20.8. The van der Waals surface area contributed by atoms with E-state index >= 15 is 0 Å². The molecule has 0 spiro atoms. The summed E-state index contributed by atoms with van der Waals surface area (Å²) in [7, 11) is 2.06. The van der Waals surface area contributed by atoms with E-state index in [0.717, 1.165) is 19.0 Å². The number of nitrogens with one attached hydrogen (secondary N) is 1. The fourth-order valence-corrected chi connectivity index (χ4v) is 3.53. The highest BCUT2D eigenvalue weighted by molar-refractivity contribution is 5.25. The Bertz CT molecular complexity index is 382. The summed E-state index contributed by atoms with van der Waals surface area (Å²) in [5, 5.41) is 3.39. The first-order valence-electron chi connectivity index (χ1n) is 8.10. The molecule has 1 N–H and O–H groups in total. The highest BCUT2D eigenvalue weighted by Crippen LogP contribution is 2.27. The summed E-state index contributed by atoms with van der Waals surface area (Å²) >= 11 is 0. The van der Waals surface area contributed by atoms with Gasteiger partial charge >= 0.3 is 0 Å². The van der Waals surface area contributed by atoms with Crippen LogP contribution in [0.4, 0.5) is 0 Å². The highest BCUT2D eigenvalue weighted by atomic mass is 15.1. The molecule has 1 aliphatic rings. The molecule has 0 bridgehead atoms. The largest absolute Gasteiger partial charge is 0.319 e. The molecule has 0 aliphatic carbocycles. The summed E-state index contributed by atoms with van der Waals surface area (Å²) < 4.78 is 0. The molecule has 20 heavy (non-hydrogen) atoms. The lowest BCUT2D eigenvalue weighted by Crippen LogP contribution is -2.47. The molecule has 1 unspecified atom stereocenters. The molecular weight excluding hydrogens is 244 g/mol. The van der Waals surface area contributed by atoms with E-state index in [4.69, 9.17) is 0 Å². The van der Waals surface area contributed by atoms with E-state index in [9.17, 15) is 0 Å². The first-order valence-corrected chi connectivity index (χ1v) is 8.10. The molecule has 2 rings (SSSR count). The van der Waals surface area contributed by atoms with E-state index < -0.39 is 0 Å². The van der Waals surface area contributed by atoms with Crippen molar-refractivity contribution in [1.29, 1.82) is 0 Å². The molecule has 0 amide bonds. The lowest BCUT2D eigenvalue weighted by atomic mass is 9.81. The Morgan fingerprint density at radius 1 is 1.20 bits per heavy atom. The van der Waals surface area contributed by atoms with Crippen molar-refractivity contribution in [3.63, 3.8) is 0 Å². The number of rotatable bonds is 6. The van der Waals surface area contributed by atoms with Crippen LogP contribution >= 0.6 is 0 Å².